The van der Waals surface area contributed by atoms with E-state index in [0.29, 0.717) is 5.02 Å². The summed E-state index contributed by atoms with van der Waals surface area (Å²) in [5.74, 6) is 0. The van der Waals surface area contributed by atoms with Crippen molar-refractivity contribution >= 4 is 11.6 Å². The molecule has 1 radical (unpaired) electrons. The van der Waals surface area contributed by atoms with Crippen LogP contribution in [0.5, 0.6) is 0 Å². The first-order valence-electron chi connectivity index (χ1n) is 5.33. The SMILES string of the molecule is Clc1ccccc1-c1n[c]ncc1-c1cnc[nH]1. The van der Waals surface area contributed by atoms with Crippen LogP contribution in [0.4, 0.5) is 0 Å². The molecule has 2 heterocycles. The zero-order valence-electron chi connectivity index (χ0n) is 9.26. The standard InChI is InChI=1S/C13H8ClN4/c14-11-4-2-1-3-9(11)13-10(5-15-8-18-13)12-6-16-7-17-12/h1-7H,(H,16,17). The molecule has 0 spiro atoms. The lowest BCUT2D eigenvalue weighted by atomic mass is 10.1. The van der Waals surface area contributed by atoms with Crippen LogP contribution in [0, 0.1) is 6.33 Å². The van der Waals surface area contributed by atoms with Crippen LogP contribution >= 0.6 is 11.6 Å². The predicted molar refractivity (Wildman–Crippen MR) is 68.9 cm³/mol. The van der Waals surface area contributed by atoms with Gasteiger partial charge in [0.05, 0.1) is 23.9 Å². The second-order valence-electron chi connectivity index (χ2n) is 3.68. The van der Waals surface area contributed by atoms with E-state index in [0.717, 1.165) is 22.5 Å². The van der Waals surface area contributed by atoms with Crippen LogP contribution in [-0.2, 0) is 0 Å². The zero-order valence-corrected chi connectivity index (χ0v) is 10.0. The minimum Gasteiger partial charge on any atom is -0.345 e. The van der Waals surface area contributed by atoms with Crippen LogP contribution < -0.4 is 0 Å². The topological polar surface area (TPSA) is 54.5 Å². The maximum Gasteiger partial charge on any atom is 0.198 e. The minimum absolute atomic E-state index is 0.644. The Kier molecular flexibility index (Phi) is 2.78. The second-order valence-corrected chi connectivity index (χ2v) is 4.08. The Balaban J connectivity index is 2.22. The summed E-state index contributed by atoms with van der Waals surface area (Å²) < 4.78 is 0. The van der Waals surface area contributed by atoms with Crippen molar-refractivity contribution in [3.8, 4) is 22.5 Å². The van der Waals surface area contributed by atoms with Gasteiger partial charge in [-0.15, -0.1) is 0 Å². The Morgan fingerprint density at radius 1 is 1.11 bits per heavy atom. The van der Waals surface area contributed by atoms with Gasteiger partial charge in [0.25, 0.3) is 0 Å². The van der Waals surface area contributed by atoms with Gasteiger partial charge in [-0.1, -0.05) is 29.8 Å². The van der Waals surface area contributed by atoms with E-state index in [9.17, 15) is 0 Å². The van der Waals surface area contributed by atoms with E-state index in [2.05, 4.69) is 26.3 Å². The van der Waals surface area contributed by atoms with Gasteiger partial charge in [0.1, 0.15) is 0 Å². The third-order valence-corrected chi connectivity index (χ3v) is 2.92. The molecular weight excluding hydrogens is 248 g/mol. The van der Waals surface area contributed by atoms with Crippen molar-refractivity contribution in [3.05, 3.63) is 54.3 Å². The Labute approximate surface area is 109 Å². The first-order chi connectivity index (χ1) is 8.86. The highest BCUT2D eigenvalue weighted by atomic mass is 35.5. The number of nitrogens with one attached hydrogen (secondary N) is 1. The molecule has 0 aliphatic heterocycles. The largest absolute Gasteiger partial charge is 0.345 e. The summed E-state index contributed by atoms with van der Waals surface area (Å²) in [4.78, 5) is 15.2. The summed E-state index contributed by atoms with van der Waals surface area (Å²) in [5.41, 5.74) is 3.28. The Hall–Kier alpha value is -2.20. The molecule has 0 aliphatic carbocycles. The van der Waals surface area contributed by atoms with Crippen molar-refractivity contribution in [1.82, 2.24) is 19.9 Å². The molecule has 0 atom stereocenters. The number of benzene rings is 1. The van der Waals surface area contributed by atoms with Crippen molar-refractivity contribution in [3.63, 3.8) is 0 Å². The van der Waals surface area contributed by atoms with Gasteiger partial charge >= 0.3 is 0 Å². The number of halogens is 1. The van der Waals surface area contributed by atoms with Gasteiger partial charge in [-0.25, -0.2) is 15.0 Å². The highest BCUT2D eigenvalue weighted by Crippen LogP contribution is 2.32. The third-order valence-electron chi connectivity index (χ3n) is 2.59. The Morgan fingerprint density at radius 3 is 2.78 bits per heavy atom. The maximum absolute atomic E-state index is 6.19. The molecule has 3 rings (SSSR count). The molecule has 0 saturated carbocycles. The van der Waals surface area contributed by atoms with Crippen molar-refractivity contribution < 1.29 is 0 Å². The average Bonchev–Trinajstić information content (AvgIpc) is 2.93. The number of nitrogens with zero attached hydrogens (tertiary/aromatic N) is 3. The summed E-state index contributed by atoms with van der Waals surface area (Å²) in [5, 5.41) is 0.644. The van der Waals surface area contributed by atoms with E-state index in [1.165, 1.54) is 0 Å². The van der Waals surface area contributed by atoms with Crippen molar-refractivity contribution in [2.24, 2.45) is 0 Å². The first kappa shape index (κ1) is 10.9. The maximum atomic E-state index is 6.19. The third kappa shape index (κ3) is 1.87. The molecule has 0 amide bonds. The molecule has 0 fully saturated rings. The van der Waals surface area contributed by atoms with Crippen molar-refractivity contribution in [2.45, 2.75) is 0 Å². The lowest BCUT2D eigenvalue weighted by molar-refractivity contribution is 1.15. The van der Waals surface area contributed by atoms with Crippen LogP contribution in [0.15, 0.2) is 43.0 Å². The summed E-state index contributed by atoms with van der Waals surface area (Å²) in [7, 11) is 0. The molecule has 0 bridgehead atoms. The Morgan fingerprint density at radius 2 is 2.00 bits per heavy atom. The molecule has 5 heteroatoms. The predicted octanol–water partition coefficient (Wildman–Crippen LogP) is 2.99. The van der Waals surface area contributed by atoms with Gasteiger partial charge in [-0.2, -0.15) is 0 Å². The summed E-state index contributed by atoms with van der Waals surface area (Å²) in [6, 6.07) is 7.54. The highest BCUT2D eigenvalue weighted by Gasteiger charge is 2.12. The average molecular weight is 256 g/mol. The fourth-order valence-corrected chi connectivity index (χ4v) is 1.98. The monoisotopic (exact) mass is 255 g/mol. The molecule has 0 aliphatic rings. The summed E-state index contributed by atoms with van der Waals surface area (Å²) in [6.45, 7) is 0. The van der Waals surface area contributed by atoms with E-state index >= 15 is 0 Å². The molecule has 1 N–H and O–H groups in total. The van der Waals surface area contributed by atoms with E-state index in [-0.39, 0.29) is 0 Å². The van der Waals surface area contributed by atoms with E-state index in [1.807, 2.05) is 24.3 Å². The van der Waals surface area contributed by atoms with Crippen LogP contribution in [0.3, 0.4) is 0 Å². The first-order valence-corrected chi connectivity index (χ1v) is 5.71. The number of aromatic nitrogens is 4. The quantitative estimate of drug-likeness (QED) is 0.766. The number of imidazole rings is 1. The summed E-state index contributed by atoms with van der Waals surface area (Å²) >= 11 is 6.19. The normalized spacial score (nSPS) is 10.5. The van der Waals surface area contributed by atoms with Crippen LogP contribution in [0.25, 0.3) is 22.5 Å². The fraction of sp³-hybridized carbons (Fsp3) is 0. The molecule has 2 aromatic heterocycles. The zero-order chi connectivity index (χ0) is 12.4. The molecule has 3 aromatic rings. The summed E-state index contributed by atoms with van der Waals surface area (Å²) in [6.07, 6.45) is 7.62. The van der Waals surface area contributed by atoms with Crippen molar-refractivity contribution in [1.29, 1.82) is 0 Å². The van der Waals surface area contributed by atoms with E-state index in [4.69, 9.17) is 11.6 Å². The van der Waals surface area contributed by atoms with Crippen LogP contribution in [0.2, 0.25) is 5.02 Å². The lowest BCUT2D eigenvalue weighted by Crippen LogP contribution is -1.92. The smallest absolute Gasteiger partial charge is 0.198 e. The minimum atomic E-state index is 0.644. The second kappa shape index (κ2) is 4.58. The fourth-order valence-electron chi connectivity index (χ4n) is 1.75. The van der Waals surface area contributed by atoms with Crippen LogP contribution in [0.1, 0.15) is 0 Å². The molecule has 1 aromatic carbocycles. The molecule has 4 nitrogen and oxygen atoms in total. The van der Waals surface area contributed by atoms with Crippen LogP contribution in [-0.4, -0.2) is 19.9 Å². The number of rotatable bonds is 2. The van der Waals surface area contributed by atoms with Gasteiger partial charge in [-0.05, 0) is 6.07 Å². The molecule has 18 heavy (non-hydrogen) atoms. The van der Waals surface area contributed by atoms with Crippen molar-refractivity contribution in [2.75, 3.05) is 0 Å². The van der Waals surface area contributed by atoms with Gasteiger partial charge in [0.15, 0.2) is 6.33 Å². The lowest BCUT2D eigenvalue weighted by Gasteiger charge is -2.07. The van der Waals surface area contributed by atoms with Gasteiger partial charge in [0, 0.05) is 22.3 Å². The molecule has 0 saturated heterocycles. The van der Waals surface area contributed by atoms with E-state index in [1.54, 1.807) is 18.7 Å². The number of aromatic amines is 1. The van der Waals surface area contributed by atoms with Gasteiger partial charge in [0.2, 0.25) is 0 Å². The molecule has 87 valence electrons. The van der Waals surface area contributed by atoms with E-state index < -0.39 is 0 Å². The number of hydrogen-bond acceptors (Lipinski definition) is 3. The Bertz CT molecular complexity index is 664. The van der Waals surface area contributed by atoms with Gasteiger partial charge in [-0.3, -0.25) is 0 Å². The van der Waals surface area contributed by atoms with Gasteiger partial charge < -0.3 is 4.98 Å². The number of H-pyrrole nitrogens is 1. The number of hydrogen-bond donors (Lipinski definition) is 1. The highest BCUT2D eigenvalue weighted by molar-refractivity contribution is 6.33. The molecule has 0 unspecified atom stereocenters. The molecular formula is C13H8ClN4.